The van der Waals surface area contributed by atoms with Gasteiger partial charge < -0.3 is 10.2 Å². The van der Waals surface area contributed by atoms with Crippen LogP contribution in [0.2, 0.25) is 0 Å². The molecule has 1 aromatic heterocycles. The molecule has 2 unspecified atom stereocenters. The van der Waals surface area contributed by atoms with Crippen LogP contribution in [0.15, 0.2) is 11.2 Å². The van der Waals surface area contributed by atoms with Gasteiger partial charge in [0.05, 0.1) is 18.0 Å². The summed E-state index contributed by atoms with van der Waals surface area (Å²) in [5.41, 5.74) is 1.51. The minimum atomic E-state index is 0.0349. The van der Waals surface area contributed by atoms with E-state index < -0.39 is 0 Å². The van der Waals surface area contributed by atoms with E-state index in [0.29, 0.717) is 17.9 Å². The summed E-state index contributed by atoms with van der Waals surface area (Å²) >= 11 is 1.47. The minimum Gasteiger partial charge on any atom is -0.346 e. The number of nitrogens with zero attached hydrogens (tertiary/aromatic N) is 2. The van der Waals surface area contributed by atoms with Crippen molar-refractivity contribution in [2.45, 2.75) is 38.6 Å². The Hall–Kier alpha value is -1.69. The molecule has 1 aromatic rings. The quantitative estimate of drug-likeness (QED) is 0.857. The van der Waals surface area contributed by atoms with Crippen molar-refractivity contribution in [2.75, 3.05) is 6.54 Å². The lowest BCUT2D eigenvalue weighted by Gasteiger charge is -2.43. The van der Waals surface area contributed by atoms with Crippen LogP contribution < -0.4 is 5.32 Å². The summed E-state index contributed by atoms with van der Waals surface area (Å²) < 4.78 is 0. The maximum atomic E-state index is 12.4. The van der Waals surface area contributed by atoms with E-state index in [0.717, 1.165) is 36.4 Å². The second kappa shape index (κ2) is 4.66. The standard InChI is InChI=1S/C15H17N3O2S/c1-8-7-21-15(16-8)12-11(19)6-18-10-5-3-2-4-9(10)14(20)17-13(12)18/h7,9-10H,2-6H2,1H3,(H,17,20). The lowest BCUT2D eigenvalue weighted by atomic mass is 9.82. The zero-order valence-corrected chi connectivity index (χ0v) is 12.7. The molecule has 5 nitrogen and oxygen atoms in total. The van der Waals surface area contributed by atoms with Gasteiger partial charge in [0.15, 0.2) is 5.78 Å². The van der Waals surface area contributed by atoms with Gasteiger partial charge in [-0.3, -0.25) is 9.59 Å². The van der Waals surface area contributed by atoms with Gasteiger partial charge in [-0.05, 0) is 19.8 Å². The minimum absolute atomic E-state index is 0.0349. The second-order valence-electron chi connectivity index (χ2n) is 6.02. The van der Waals surface area contributed by atoms with Gasteiger partial charge in [-0.15, -0.1) is 11.3 Å². The summed E-state index contributed by atoms with van der Waals surface area (Å²) in [5.74, 6) is 0.882. The number of nitrogens with one attached hydrogen (secondary N) is 1. The summed E-state index contributed by atoms with van der Waals surface area (Å²) in [5, 5.41) is 5.64. The highest BCUT2D eigenvalue weighted by Crippen LogP contribution is 2.39. The molecule has 0 bridgehead atoms. The fourth-order valence-corrected chi connectivity index (χ4v) is 4.55. The SMILES string of the molecule is Cc1csc(C2=C3NC(=O)C4CCCCC4N3CC2=O)n1. The van der Waals surface area contributed by atoms with Crippen LogP contribution in [0.4, 0.5) is 0 Å². The number of Topliss-reactive ketones (excluding diaryl/α,β-unsaturated/α-hetero) is 1. The zero-order chi connectivity index (χ0) is 14.6. The summed E-state index contributed by atoms with van der Waals surface area (Å²) in [4.78, 5) is 31.3. The number of thiazole rings is 1. The first-order valence-corrected chi connectivity index (χ1v) is 8.30. The fourth-order valence-electron chi connectivity index (χ4n) is 3.69. The molecule has 0 aromatic carbocycles. The third kappa shape index (κ3) is 1.92. The van der Waals surface area contributed by atoms with Crippen molar-refractivity contribution in [2.24, 2.45) is 5.92 Å². The molecule has 2 aliphatic heterocycles. The number of hydrogen-bond donors (Lipinski definition) is 1. The summed E-state index contributed by atoms with van der Waals surface area (Å²) in [7, 11) is 0. The lowest BCUT2D eigenvalue weighted by molar-refractivity contribution is -0.131. The summed E-state index contributed by atoms with van der Waals surface area (Å²) in [6, 6.07) is 0.185. The lowest BCUT2D eigenvalue weighted by Crippen LogP contribution is -2.55. The van der Waals surface area contributed by atoms with Crippen molar-refractivity contribution in [3.63, 3.8) is 0 Å². The van der Waals surface area contributed by atoms with Crippen LogP contribution in [0.3, 0.4) is 0 Å². The summed E-state index contributed by atoms with van der Waals surface area (Å²) in [6.45, 7) is 2.30. The molecular formula is C15H17N3O2S. The van der Waals surface area contributed by atoms with Crippen LogP contribution in [0.25, 0.3) is 5.57 Å². The van der Waals surface area contributed by atoms with Crippen LogP contribution >= 0.6 is 11.3 Å². The van der Waals surface area contributed by atoms with Crippen LogP contribution in [0.5, 0.6) is 0 Å². The maximum Gasteiger partial charge on any atom is 0.230 e. The first kappa shape index (κ1) is 13.0. The van der Waals surface area contributed by atoms with Crippen molar-refractivity contribution in [3.8, 4) is 0 Å². The highest BCUT2D eigenvalue weighted by atomic mass is 32.1. The van der Waals surface area contributed by atoms with Gasteiger partial charge in [-0.1, -0.05) is 12.8 Å². The molecule has 2 fully saturated rings. The second-order valence-corrected chi connectivity index (χ2v) is 6.87. The van der Waals surface area contributed by atoms with Crippen LogP contribution in [-0.4, -0.2) is 34.2 Å². The number of fused-ring (bicyclic) bond motifs is 3. The average Bonchev–Trinajstić information content (AvgIpc) is 3.02. The van der Waals surface area contributed by atoms with Crippen molar-refractivity contribution >= 4 is 28.6 Å². The molecule has 110 valence electrons. The van der Waals surface area contributed by atoms with E-state index in [1.807, 2.05) is 12.3 Å². The van der Waals surface area contributed by atoms with E-state index in [9.17, 15) is 9.59 Å². The Morgan fingerprint density at radius 1 is 1.33 bits per heavy atom. The zero-order valence-electron chi connectivity index (χ0n) is 11.9. The largest absolute Gasteiger partial charge is 0.346 e. The van der Waals surface area contributed by atoms with Gasteiger partial charge in [0.25, 0.3) is 0 Å². The molecule has 3 heterocycles. The highest BCUT2D eigenvalue weighted by molar-refractivity contribution is 7.11. The predicted molar refractivity (Wildman–Crippen MR) is 79.4 cm³/mol. The molecule has 3 aliphatic rings. The van der Waals surface area contributed by atoms with Gasteiger partial charge in [-0.25, -0.2) is 4.98 Å². The van der Waals surface area contributed by atoms with Gasteiger partial charge in [0, 0.05) is 17.1 Å². The summed E-state index contributed by atoms with van der Waals surface area (Å²) in [6.07, 6.45) is 4.17. The van der Waals surface area contributed by atoms with Gasteiger partial charge in [0.2, 0.25) is 5.91 Å². The highest BCUT2D eigenvalue weighted by Gasteiger charge is 2.46. The van der Waals surface area contributed by atoms with E-state index in [1.165, 1.54) is 11.3 Å². The topological polar surface area (TPSA) is 62.3 Å². The van der Waals surface area contributed by atoms with Crippen molar-refractivity contribution < 1.29 is 9.59 Å². The molecule has 1 saturated carbocycles. The third-order valence-electron chi connectivity index (χ3n) is 4.66. The Balaban J connectivity index is 1.78. The first-order chi connectivity index (χ1) is 10.1. The molecule has 1 aliphatic carbocycles. The monoisotopic (exact) mass is 303 g/mol. The molecule has 1 N–H and O–H groups in total. The third-order valence-corrected chi connectivity index (χ3v) is 5.64. The van der Waals surface area contributed by atoms with Gasteiger partial charge in [-0.2, -0.15) is 0 Å². The van der Waals surface area contributed by atoms with Crippen LogP contribution in [0, 0.1) is 12.8 Å². The first-order valence-electron chi connectivity index (χ1n) is 7.42. The maximum absolute atomic E-state index is 12.4. The Morgan fingerprint density at radius 3 is 2.90 bits per heavy atom. The molecule has 0 radical (unpaired) electrons. The Bertz CT molecular complexity index is 664. The molecule has 1 saturated heterocycles. The van der Waals surface area contributed by atoms with Crippen molar-refractivity contribution in [3.05, 3.63) is 21.9 Å². The number of aromatic nitrogens is 1. The Labute approximate surface area is 127 Å². The Morgan fingerprint density at radius 2 is 2.14 bits per heavy atom. The van der Waals surface area contributed by atoms with Crippen LogP contribution in [-0.2, 0) is 9.59 Å². The molecule has 6 heteroatoms. The molecule has 4 rings (SSSR count). The van der Waals surface area contributed by atoms with E-state index in [1.54, 1.807) is 0 Å². The number of hydrogen-bond acceptors (Lipinski definition) is 5. The number of carbonyl (C=O) groups is 2. The number of carbonyl (C=O) groups excluding carboxylic acids is 2. The van der Waals surface area contributed by atoms with Crippen LogP contribution in [0.1, 0.15) is 36.4 Å². The number of ketones is 1. The molecule has 2 atom stereocenters. The smallest absolute Gasteiger partial charge is 0.230 e. The van der Waals surface area contributed by atoms with E-state index in [4.69, 9.17) is 0 Å². The Kier molecular flexibility index (Phi) is 2.89. The normalized spacial score (nSPS) is 28.5. The molecular weight excluding hydrogens is 286 g/mol. The van der Waals surface area contributed by atoms with E-state index >= 15 is 0 Å². The van der Waals surface area contributed by atoms with Crippen molar-refractivity contribution in [1.82, 2.24) is 15.2 Å². The molecule has 0 spiro atoms. The van der Waals surface area contributed by atoms with Crippen molar-refractivity contribution in [1.29, 1.82) is 0 Å². The number of aryl methyl sites for hydroxylation is 1. The average molecular weight is 303 g/mol. The van der Waals surface area contributed by atoms with Gasteiger partial charge in [0.1, 0.15) is 10.8 Å². The predicted octanol–water partition coefficient (Wildman–Crippen LogP) is 1.69. The number of amides is 1. The molecule has 1 amide bonds. The number of rotatable bonds is 1. The van der Waals surface area contributed by atoms with E-state index in [2.05, 4.69) is 15.2 Å². The van der Waals surface area contributed by atoms with Gasteiger partial charge >= 0.3 is 0 Å². The van der Waals surface area contributed by atoms with E-state index in [-0.39, 0.29) is 23.7 Å². The fraction of sp³-hybridized carbons (Fsp3) is 0.533. The molecule has 21 heavy (non-hydrogen) atoms.